The fraction of sp³-hybridized carbons (Fsp3) is 0.500. The van der Waals surface area contributed by atoms with Crippen LogP contribution in [0.15, 0.2) is 24.3 Å². The van der Waals surface area contributed by atoms with Gasteiger partial charge in [-0.25, -0.2) is 0 Å². The molecule has 8 nitrogen and oxygen atoms in total. The third-order valence-corrected chi connectivity index (χ3v) is 4.58. The Hall–Kier alpha value is -2.48. The highest BCUT2D eigenvalue weighted by atomic mass is 16.6. The smallest absolute Gasteiger partial charge is 0.269 e. The zero-order valence-corrected chi connectivity index (χ0v) is 13.3. The van der Waals surface area contributed by atoms with E-state index in [0.717, 1.165) is 19.4 Å². The molecule has 0 aliphatic carbocycles. The van der Waals surface area contributed by atoms with E-state index in [1.165, 1.54) is 24.3 Å². The molecule has 1 aromatic rings. The van der Waals surface area contributed by atoms with Crippen molar-refractivity contribution in [2.24, 2.45) is 0 Å². The summed E-state index contributed by atoms with van der Waals surface area (Å²) in [7, 11) is 0. The van der Waals surface area contributed by atoms with E-state index in [1.807, 2.05) is 4.90 Å². The fourth-order valence-corrected chi connectivity index (χ4v) is 3.31. The van der Waals surface area contributed by atoms with Crippen molar-refractivity contribution in [1.29, 1.82) is 0 Å². The average Bonchev–Trinajstić information content (AvgIpc) is 2.61. The molecular weight excluding hydrogens is 312 g/mol. The van der Waals surface area contributed by atoms with Crippen molar-refractivity contribution in [1.82, 2.24) is 15.1 Å². The largest absolute Gasteiger partial charge is 0.337 e. The summed E-state index contributed by atoms with van der Waals surface area (Å²) in [5.41, 5.74) is 0.405. The van der Waals surface area contributed by atoms with Crippen molar-refractivity contribution in [3.05, 3.63) is 39.9 Å². The van der Waals surface area contributed by atoms with Gasteiger partial charge in [0.2, 0.25) is 5.91 Å². The van der Waals surface area contributed by atoms with Crippen molar-refractivity contribution in [2.45, 2.75) is 18.9 Å². The Balaban J connectivity index is 1.68. The van der Waals surface area contributed by atoms with E-state index < -0.39 is 4.92 Å². The number of nitro benzene ring substituents is 1. The van der Waals surface area contributed by atoms with Gasteiger partial charge in [0.05, 0.1) is 11.5 Å². The van der Waals surface area contributed by atoms with Crippen LogP contribution in [-0.2, 0) is 4.79 Å². The molecule has 8 heteroatoms. The number of benzene rings is 1. The normalized spacial score (nSPS) is 21.7. The molecule has 2 aliphatic rings. The van der Waals surface area contributed by atoms with E-state index in [1.54, 1.807) is 4.90 Å². The molecule has 2 aliphatic heterocycles. The van der Waals surface area contributed by atoms with Crippen molar-refractivity contribution in [3.63, 3.8) is 0 Å². The van der Waals surface area contributed by atoms with Gasteiger partial charge in [-0.2, -0.15) is 0 Å². The van der Waals surface area contributed by atoms with Gasteiger partial charge < -0.3 is 15.1 Å². The van der Waals surface area contributed by atoms with Crippen molar-refractivity contribution < 1.29 is 14.5 Å². The van der Waals surface area contributed by atoms with Crippen LogP contribution in [0.5, 0.6) is 0 Å². The maximum Gasteiger partial charge on any atom is 0.269 e. The van der Waals surface area contributed by atoms with Crippen molar-refractivity contribution >= 4 is 17.5 Å². The number of rotatable bonds is 3. The number of piperazine rings is 1. The lowest BCUT2D eigenvalue weighted by Gasteiger charge is -2.41. The Labute approximate surface area is 139 Å². The Kier molecular flexibility index (Phi) is 4.75. The lowest BCUT2D eigenvalue weighted by atomic mass is 10.0. The molecule has 2 saturated heterocycles. The van der Waals surface area contributed by atoms with E-state index in [0.29, 0.717) is 31.7 Å². The first-order valence-corrected chi connectivity index (χ1v) is 8.10. The Morgan fingerprint density at radius 1 is 1.25 bits per heavy atom. The quantitative estimate of drug-likeness (QED) is 0.647. The van der Waals surface area contributed by atoms with E-state index in [2.05, 4.69) is 5.32 Å². The van der Waals surface area contributed by atoms with Gasteiger partial charge >= 0.3 is 0 Å². The molecule has 1 atom stereocenters. The van der Waals surface area contributed by atoms with Crippen LogP contribution in [0.2, 0.25) is 0 Å². The molecular formula is C16H20N4O4. The monoisotopic (exact) mass is 332 g/mol. The Morgan fingerprint density at radius 3 is 2.67 bits per heavy atom. The van der Waals surface area contributed by atoms with Gasteiger partial charge in [-0.05, 0) is 25.0 Å². The molecule has 24 heavy (non-hydrogen) atoms. The van der Waals surface area contributed by atoms with E-state index in [4.69, 9.17) is 0 Å². The first kappa shape index (κ1) is 16.4. The molecule has 0 saturated carbocycles. The predicted octanol–water partition coefficient (Wildman–Crippen LogP) is 0.631. The molecule has 1 aromatic carbocycles. The van der Waals surface area contributed by atoms with Crippen LogP contribution in [-0.4, -0.2) is 65.3 Å². The van der Waals surface area contributed by atoms with Gasteiger partial charge in [0.1, 0.15) is 0 Å². The summed E-state index contributed by atoms with van der Waals surface area (Å²) in [4.78, 5) is 38.5. The van der Waals surface area contributed by atoms with Gasteiger partial charge in [-0.3, -0.25) is 19.7 Å². The minimum Gasteiger partial charge on any atom is -0.337 e. The second-order valence-corrected chi connectivity index (χ2v) is 6.12. The van der Waals surface area contributed by atoms with Crippen LogP contribution >= 0.6 is 0 Å². The lowest BCUT2D eigenvalue weighted by Crippen LogP contribution is -2.57. The topological polar surface area (TPSA) is 95.8 Å². The number of nitrogens with one attached hydrogen (secondary N) is 1. The summed E-state index contributed by atoms with van der Waals surface area (Å²) < 4.78 is 0. The van der Waals surface area contributed by atoms with Crippen LogP contribution in [0.25, 0.3) is 0 Å². The molecule has 1 N–H and O–H groups in total. The minimum absolute atomic E-state index is 0.0329. The fourth-order valence-electron chi connectivity index (χ4n) is 3.31. The molecule has 2 heterocycles. The van der Waals surface area contributed by atoms with Crippen LogP contribution < -0.4 is 5.32 Å². The van der Waals surface area contributed by atoms with Crippen LogP contribution in [0, 0.1) is 10.1 Å². The number of hydrogen-bond acceptors (Lipinski definition) is 5. The molecule has 2 amide bonds. The van der Waals surface area contributed by atoms with Gasteiger partial charge in [0.25, 0.3) is 11.6 Å². The van der Waals surface area contributed by atoms with Gasteiger partial charge in [-0.1, -0.05) is 0 Å². The minimum atomic E-state index is -0.485. The zero-order chi connectivity index (χ0) is 17.1. The molecule has 0 spiro atoms. The van der Waals surface area contributed by atoms with E-state index in [-0.39, 0.29) is 23.5 Å². The number of nitrogens with zero attached hydrogens (tertiary/aromatic N) is 3. The highest BCUT2D eigenvalue weighted by Crippen LogP contribution is 2.20. The third kappa shape index (κ3) is 3.38. The standard InChI is InChI=1S/C16H20N4O4/c21-15-10-17-7-9-19(15)14-2-1-8-18(11-14)16(22)12-3-5-13(6-4-12)20(23)24/h3-6,14,17H,1-2,7-11H2. The number of non-ortho nitro benzene ring substituents is 1. The summed E-state index contributed by atoms with van der Waals surface area (Å²) in [6.07, 6.45) is 1.75. The number of hydrogen-bond donors (Lipinski definition) is 1. The van der Waals surface area contributed by atoms with Crippen molar-refractivity contribution in [2.75, 3.05) is 32.7 Å². The van der Waals surface area contributed by atoms with Gasteiger partial charge in [0, 0.05) is 49.9 Å². The number of piperidine rings is 1. The zero-order valence-electron chi connectivity index (χ0n) is 13.3. The van der Waals surface area contributed by atoms with Crippen molar-refractivity contribution in [3.8, 4) is 0 Å². The first-order chi connectivity index (χ1) is 11.6. The maximum atomic E-state index is 12.6. The molecule has 3 rings (SSSR count). The van der Waals surface area contributed by atoms with Crippen LogP contribution in [0.4, 0.5) is 5.69 Å². The van der Waals surface area contributed by atoms with Crippen LogP contribution in [0.1, 0.15) is 23.2 Å². The Bertz CT molecular complexity index is 646. The number of carbonyl (C=O) groups excluding carboxylic acids is 2. The molecule has 0 bridgehead atoms. The molecule has 0 radical (unpaired) electrons. The van der Waals surface area contributed by atoms with Gasteiger partial charge in [-0.15, -0.1) is 0 Å². The van der Waals surface area contributed by atoms with E-state index in [9.17, 15) is 19.7 Å². The number of carbonyl (C=O) groups is 2. The summed E-state index contributed by atoms with van der Waals surface area (Å²) in [5.74, 6) is -0.0620. The van der Waals surface area contributed by atoms with E-state index >= 15 is 0 Å². The third-order valence-electron chi connectivity index (χ3n) is 4.58. The summed E-state index contributed by atoms with van der Waals surface area (Å²) >= 11 is 0. The van der Waals surface area contributed by atoms with Crippen LogP contribution in [0.3, 0.4) is 0 Å². The number of nitro groups is 1. The number of likely N-dealkylation sites (tertiary alicyclic amines) is 1. The predicted molar refractivity (Wildman–Crippen MR) is 86.6 cm³/mol. The molecule has 128 valence electrons. The highest BCUT2D eigenvalue weighted by Gasteiger charge is 2.31. The Morgan fingerprint density at radius 2 is 2.00 bits per heavy atom. The average molecular weight is 332 g/mol. The summed E-state index contributed by atoms with van der Waals surface area (Å²) in [6.45, 7) is 2.96. The molecule has 0 aromatic heterocycles. The molecule has 2 fully saturated rings. The summed E-state index contributed by atoms with van der Waals surface area (Å²) in [5, 5.41) is 13.8. The second kappa shape index (κ2) is 6.96. The van der Waals surface area contributed by atoms with Gasteiger partial charge in [0.15, 0.2) is 0 Å². The second-order valence-electron chi connectivity index (χ2n) is 6.12. The first-order valence-electron chi connectivity index (χ1n) is 8.10. The maximum absolute atomic E-state index is 12.6. The lowest BCUT2D eigenvalue weighted by molar-refractivity contribution is -0.384. The molecule has 1 unspecified atom stereocenters. The summed E-state index contributed by atoms with van der Waals surface area (Å²) in [6, 6.07) is 5.71. The SMILES string of the molecule is O=C(c1ccc([N+](=O)[O-])cc1)N1CCCC(N2CCNCC2=O)C1. The highest BCUT2D eigenvalue weighted by molar-refractivity contribution is 5.94. The number of amides is 2.